The van der Waals surface area contributed by atoms with E-state index in [1.165, 1.54) is 0 Å². The van der Waals surface area contributed by atoms with Crippen molar-refractivity contribution in [3.8, 4) is 0 Å². The van der Waals surface area contributed by atoms with Crippen molar-refractivity contribution >= 4 is 6.03 Å². The predicted octanol–water partition coefficient (Wildman–Crippen LogP) is 0.874. The van der Waals surface area contributed by atoms with Gasteiger partial charge in [0.1, 0.15) is 0 Å². The molecule has 0 aromatic heterocycles. The molecule has 0 spiro atoms. The summed E-state index contributed by atoms with van der Waals surface area (Å²) >= 11 is 0. The van der Waals surface area contributed by atoms with Crippen molar-refractivity contribution < 1.29 is 18.0 Å². The van der Waals surface area contributed by atoms with E-state index in [0.29, 0.717) is 0 Å². The van der Waals surface area contributed by atoms with Crippen molar-refractivity contribution in [2.75, 3.05) is 13.1 Å². The summed E-state index contributed by atoms with van der Waals surface area (Å²) in [5.41, 5.74) is 6.50. The normalized spacial score (nSPS) is 23.1. The number of hydrazine groups is 1. The predicted molar refractivity (Wildman–Crippen MR) is 55.7 cm³/mol. The van der Waals surface area contributed by atoms with E-state index in [2.05, 4.69) is 5.43 Å². The van der Waals surface area contributed by atoms with Crippen LogP contribution in [0.25, 0.3) is 0 Å². The van der Waals surface area contributed by atoms with Crippen LogP contribution in [-0.2, 0) is 0 Å². The Morgan fingerprint density at radius 2 is 1.88 bits per heavy atom. The molecule has 1 aliphatic rings. The van der Waals surface area contributed by atoms with Gasteiger partial charge in [0.05, 0.1) is 0 Å². The van der Waals surface area contributed by atoms with Gasteiger partial charge in [-0.3, -0.25) is 10.3 Å². The average Bonchev–Trinajstić information content (AvgIpc) is 2.41. The van der Waals surface area contributed by atoms with Gasteiger partial charge in [0.15, 0.2) is 0 Å². The van der Waals surface area contributed by atoms with Crippen LogP contribution in [0.15, 0.2) is 0 Å². The molecule has 17 heavy (non-hydrogen) atoms. The third-order valence-corrected chi connectivity index (χ3v) is 2.38. The van der Waals surface area contributed by atoms with Crippen molar-refractivity contribution in [1.82, 2.24) is 15.3 Å². The summed E-state index contributed by atoms with van der Waals surface area (Å²) < 4.78 is 38.9. The Labute approximate surface area is 97.7 Å². The molecule has 5 nitrogen and oxygen atoms in total. The fourth-order valence-corrected chi connectivity index (χ4v) is 1.80. The number of amides is 2. The Hall–Kier alpha value is -1.02. The van der Waals surface area contributed by atoms with Crippen LogP contribution in [0.2, 0.25) is 0 Å². The molecule has 2 amide bonds. The van der Waals surface area contributed by atoms with E-state index >= 15 is 0 Å². The highest BCUT2D eigenvalue weighted by atomic mass is 19.4. The Bertz CT molecular complexity index is 300. The second-order valence-electron chi connectivity index (χ2n) is 4.86. The minimum atomic E-state index is -4.53. The van der Waals surface area contributed by atoms with Gasteiger partial charge in [0.2, 0.25) is 6.17 Å². The highest BCUT2D eigenvalue weighted by molar-refractivity contribution is 5.76. The van der Waals surface area contributed by atoms with E-state index in [-0.39, 0.29) is 13.1 Å². The Balaban J connectivity index is 3.07. The van der Waals surface area contributed by atoms with Crippen LogP contribution in [0, 0.1) is 0 Å². The number of hydrogen-bond acceptors (Lipinski definition) is 3. The summed E-state index contributed by atoms with van der Waals surface area (Å²) in [5, 5.41) is 0.827. The number of nitrogens with zero attached hydrogens (tertiary/aromatic N) is 2. The highest BCUT2D eigenvalue weighted by Gasteiger charge is 2.56. The lowest BCUT2D eigenvalue weighted by Gasteiger charge is -2.37. The standard InChI is InChI=1S/C9H17F3N4O/c1-8(2,3)16-6(9(10,11)12)15(5-4-13)14-7(16)17/h6H,4-5,13H2,1-3H3,(H,14,17). The summed E-state index contributed by atoms with van der Waals surface area (Å²) in [7, 11) is 0. The summed E-state index contributed by atoms with van der Waals surface area (Å²) in [5.74, 6) is 0. The molecular formula is C9H17F3N4O. The molecule has 1 fully saturated rings. The van der Waals surface area contributed by atoms with Gasteiger partial charge in [-0.25, -0.2) is 4.79 Å². The van der Waals surface area contributed by atoms with Gasteiger partial charge in [-0.15, -0.1) is 0 Å². The minimum absolute atomic E-state index is 0.0326. The third kappa shape index (κ3) is 2.81. The summed E-state index contributed by atoms with van der Waals surface area (Å²) in [6, 6.07) is -0.756. The number of carbonyl (C=O) groups excluding carboxylic acids is 1. The molecule has 1 atom stereocenters. The zero-order valence-electron chi connectivity index (χ0n) is 10.0. The van der Waals surface area contributed by atoms with Crippen LogP contribution >= 0.6 is 0 Å². The molecule has 1 aliphatic heterocycles. The Morgan fingerprint density at radius 3 is 2.24 bits per heavy atom. The number of carbonyl (C=O) groups is 1. The first-order valence-corrected chi connectivity index (χ1v) is 5.22. The molecule has 0 bridgehead atoms. The second-order valence-corrected chi connectivity index (χ2v) is 4.86. The molecule has 0 aliphatic carbocycles. The van der Waals surface area contributed by atoms with E-state index in [9.17, 15) is 18.0 Å². The van der Waals surface area contributed by atoms with Crippen molar-refractivity contribution in [2.45, 2.75) is 38.7 Å². The lowest BCUT2D eigenvalue weighted by atomic mass is 10.1. The van der Waals surface area contributed by atoms with Crippen molar-refractivity contribution in [2.24, 2.45) is 5.73 Å². The summed E-state index contributed by atoms with van der Waals surface area (Å²) in [6.45, 7) is 4.64. The van der Waals surface area contributed by atoms with Crippen molar-refractivity contribution in [3.63, 3.8) is 0 Å². The highest BCUT2D eigenvalue weighted by Crippen LogP contribution is 2.34. The Morgan fingerprint density at radius 1 is 1.35 bits per heavy atom. The van der Waals surface area contributed by atoms with Crippen LogP contribution in [0.3, 0.4) is 0 Å². The molecule has 1 unspecified atom stereocenters. The van der Waals surface area contributed by atoms with Crippen LogP contribution in [0.1, 0.15) is 20.8 Å². The molecule has 100 valence electrons. The fraction of sp³-hybridized carbons (Fsp3) is 0.889. The van der Waals surface area contributed by atoms with Crippen LogP contribution in [0.4, 0.5) is 18.0 Å². The number of urea groups is 1. The summed E-state index contributed by atoms with van der Waals surface area (Å²) in [4.78, 5) is 12.4. The molecule has 1 rings (SSSR count). The first kappa shape index (κ1) is 14.0. The molecule has 8 heteroatoms. The van der Waals surface area contributed by atoms with E-state index in [1.807, 2.05) is 0 Å². The monoisotopic (exact) mass is 254 g/mol. The van der Waals surface area contributed by atoms with Crippen LogP contribution in [-0.4, -0.2) is 46.9 Å². The van der Waals surface area contributed by atoms with Gasteiger partial charge in [-0.1, -0.05) is 0 Å². The maximum atomic E-state index is 13.0. The fourth-order valence-electron chi connectivity index (χ4n) is 1.80. The molecule has 1 saturated heterocycles. The Kier molecular flexibility index (Phi) is 3.58. The number of rotatable bonds is 2. The van der Waals surface area contributed by atoms with Gasteiger partial charge < -0.3 is 5.73 Å². The lowest BCUT2D eigenvalue weighted by molar-refractivity contribution is -0.216. The van der Waals surface area contributed by atoms with Crippen molar-refractivity contribution in [3.05, 3.63) is 0 Å². The average molecular weight is 254 g/mol. The van der Waals surface area contributed by atoms with E-state index in [0.717, 1.165) is 9.91 Å². The molecule has 0 aromatic rings. The zero-order valence-corrected chi connectivity index (χ0v) is 10.0. The number of nitrogens with one attached hydrogen (secondary N) is 1. The smallest absolute Gasteiger partial charge is 0.329 e. The van der Waals surface area contributed by atoms with E-state index in [1.54, 1.807) is 20.8 Å². The van der Waals surface area contributed by atoms with Gasteiger partial charge in [-0.2, -0.15) is 18.2 Å². The van der Waals surface area contributed by atoms with E-state index < -0.39 is 23.9 Å². The van der Waals surface area contributed by atoms with Crippen molar-refractivity contribution in [1.29, 1.82) is 0 Å². The van der Waals surface area contributed by atoms with Gasteiger partial charge in [-0.05, 0) is 20.8 Å². The maximum Gasteiger partial charge on any atom is 0.424 e. The molecule has 0 radical (unpaired) electrons. The second kappa shape index (κ2) is 4.34. The topological polar surface area (TPSA) is 61.6 Å². The van der Waals surface area contributed by atoms with Crippen LogP contribution < -0.4 is 11.2 Å². The largest absolute Gasteiger partial charge is 0.424 e. The first-order chi connectivity index (χ1) is 7.59. The minimum Gasteiger partial charge on any atom is -0.329 e. The van der Waals surface area contributed by atoms with Crippen LogP contribution in [0.5, 0.6) is 0 Å². The molecule has 3 N–H and O–H groups in total. The van der Waals surface area contributed by atoms with Gasteiger partial charge >= 0.3 is 12.2 Å². The van der Waals surface area contributed by atoms with Gasteiger partial charge in [0.25, 0.3) is 0 Å². The summed E-state index contributed by atoms with van der Waals surface area (Å²) in [6.07, 6.45) is -6.50. The third-order valence-electron chi connectivity index (χ3n) is 2.38. The molecule has 1 heterocycles. The van der Waals surface area contributed by atoms with E-state index in [4.69, 9.17) is 5.73 Å². The number of alkyl halides is 3. The van der Waals surface area contributed by atoms with Gasteiger partial charge in [0, 0.05) is 18.6 Å². The number of nitrogens with two attached hydrogens (primary N) is 1. The maximum absolute atomic E-state index is 13.0. The first-order valence-electron chi connectivity index (χ1n) is 5.22. The SMILES string of the molecule is CC(C)(C)N1C(=O)NN(CCN)C1C(F)(F)F. The lowest BCUT2D eigenvalue weighted by Crippen LogP contribution is -2.57. The number of halogens is 3. The number of hydrogen-bond donors (Lipinski definition) is 2. The quantitative estimate of drug-likeness (QED) is 0.768. The molecule has 0 aromatic carbocycles. The molecular weight excluding hydrogens is 237 g/mol. The zero-order chi connectivity index (χ0) is 13.4. The molecule has 0 saturated carbocycles.